The predicted octanol–water partition coefficient (Wildman–Crippen LogP) is 3.56. The molecule has 2 aromatic rings. The van der Waals surface area contributed by atoms with Gasteiger partial charge in [0.15, 0.2) is 0 Å². The highest BCUT2D eigenvalue weighted by Gasteiger charge is 2.76. The minimum atomic E-state index is 0.0901. The van der Waals surface area contributed by atoms with Gasteiger partial charge in [-0.25, -0.2) is 0 Å². The first kappa shape index (κ1) is 20.8. The van der Waals surface area contributed by atoms with Gasteiger partial charge in [-0.05, 0) is 104 Å². The predicted molar refractivity (Wildman–Crippen MR) is 134 cm³/mol. The zero-order chi connectivity index (χ0) is 23.4. The molecule has 2 aromatic carbocycles. The van der Waals surface area contributed by atoms with E-state index in [2.05, 4.69) is 27.2 Å². The Hall–Kier alpha value is -2.37. The first-order valence-corrected chi connectivity index (χ1v) is 13.8. The number of fused-ring (bicyclic) bond motifs is 1. The van der Waals surface area contributed by atoms with Crippen molar-refractivity contribution in [1.82, 2.24) is 15.1 Å². The van der Waals surface area contributed by atoms with E-state index in [-0.39, 0.29) is 16.7 Å². The summed E-state index contributed by atoms with van der Waals surface area (Å²) >= 11 is 0. The third-order valence-electron chi connectivity index (χ3n) is 11.2. The lowest BCUT2D eigenvalue weighted by atomic mass is 9.43. The van der Waals surface area contributed by atoms with Crippen molar-refractivity contribution in [2.75, 3.05) is 26.2 Å². The third-order valence-corrected chi connectivity index (χ3v) is 11.2. The van der Waals surface area contributed by atoms with Crippen LogP contribution in [0.2, 0.25) is 0 Å². The number of amides is 1. The van der Waals surface area contributed by atoms with Crippen LogP contribution >= 0.6 is 0 Å². The molecular weight excluding hydrogens is 434 g/mol. The molecule has 1 unspecified atom stereocenters. The lowest BCUT2D eigenvalue weighted by molar-refractivity contribution is -0.104. The summed E-state index contributed by atoms with van der Waals surface area (Å²) in [4.78, 5) is 18.8. The molecule has 5 fully saturated rings. The zero-order valence-electron chi connectivity index (χ0n) is 20.3. The van der Waals surface area contributed by atoms with E-state index in [1.807, 2.05) is 36.4 Å². The number of carbonyl (C=O) groups excluding carboxylic acids is 1. The van der Waals surface area contributed by atoms with Gasteiger partial charge in [0.05, 0.1) is 0 Å². The number of aromatic hydroxyl groups is 1. The van der Waals surface area contributed by atoms with E-state index >= 15 is 0 Å². The van der Waals surface area contributed by atoms with Gasteiger partial charge in [-0.3, -0.25) is 9.69 Å². The molecule has 3 aliphatic carbocycles. The maximum Gasteiger partial charge on any atom is 0.254 e. The molecule has 5 heteroatoms. The van der Waals surface area contributed by atoms with Crippen LogP contribution in [-0.2, 0) is 11.8 Å². The molecule has 1 amide bonds. The van der Waals surface area contributed by atoms with Crippen LogP contribution in [0.1, 0.15) is 53.6 Å². The minimum absolute atomic E-state index is 0.0901. The topological polar surface area (TPSA) is 55.8 Å². The Morgan fingerprint density at radius 3 is 2.77 bits per heavy atom. The third kappa shape index (κ3) is 2.54. The molecule has 35 heavy (non-hydrogen) atoms. The standard InChI is InChI=1S/C30H35N3O2/c34-23-7-6-20-14-26-29-10-8-25-27(21(16-29)17-33(25)28(35)19-4-2-1-3-5-19)30(29,24(20)15-23)11-13-32(26)18-22-9-12-31-22/h1-7,15,21-22,25-27,31,34H,8-14,16-18H2/t21-,22?,25-,26-,27-,29-,30+/m1/s1. The average Bonchev–Trinajstić information content (AvgIpc) is 3.29. The fraction of sp³-hybridized carbons (Fsp3) is 0.567. The van der Waals surface area contributed by atoms with Crippen LogP contribution in [0.4, 0.5) is 0 Å². The Bertz CT molecular complexity index is 1200. The smallest absolute Gasteiger partial charge is 0.254 e. The fourth-order valence-corrected chi connectivity index (χ4v) is 10.1. The summed E-state index contributed by atoms with van der Waals surface area (Å²) in [6.45, 7) is 4.38. The number of benzene rings is 2. The molecule has 2 N–H and O–H groups in total. The van der Waals surface area contributed by atoms with Crippen LogP contribution in [0.3, 0.4) is 0 Å². The first-order chi connectivity index (χ1) is 17.1. The highest BCUT2D eigenvalue weighted by Crippen LogP contribution is 2.75. The number of likely N-dealkylation sites (tertiary alicyclic amines) is 2. The Morgan fingerprint density at radius 1 is 1.11 bits per heavy atom. The molecule has 3 aliphatic heterocycles. The van der Waals surface area contributed by atoms with E-state index in [1.165, 1.54) is 36.9 Å². The molecule has 3 heterocycles. The van der Waals surface area contributed by atoms with Gasteiger partial charge >= 0.3 is 0 Å². The Balaban J connectivity index is 1.24. The minimum Gasteiger partial charge on any atom is -0.508 e. The van der Waals surface area contributed by atoms with Gasteiger partial charge in [0.1, 0.15) is 5.75 Å². The van der Waals surface area contributed by atoms with Gasteiger partial charge in [0.25, 0.3) is 5.91 Å². The van der Waals surface area contributed by atoms with E-state index in [9.17, 15) is 9.90 Å². The molecule has 5 nitrogen and oxygen atoms in total. The summed E-state index contributed by atoms with van der Waals surface area (Å²) in [6.07, 6.45) is 7.15. The number of hydrogen-bond donors (Lipinski definition) is 2. The quantitative estimate of drug-likeness (QED) is 0.722. The molecule has 182 valence electrons. The molecule has 0 spiro atoms. The number of hydrogen-bond acceptors (Lipinski definition) is 4. The van der Waals surface area contributed by atoms with E-state index in [4.69, 9.17) is 0 Å². The monoisotopic (exact) mass is 469 g/mol. The molecule has 4 bridgehead atoms. The lowest BCUT2D eigenvalue weighted by Crippen LogP contribution is -2.71. The largest absolute Gasteiger partial charge is 0.508 e. The molecule has 2 saturated carbocycles. The summed E-state index contributed by atoms with van der Waals surface area (Å²) in [5.74, 6) is 1.69. The van der Waals surface area contributed by atoms with E-state index in [0.717, 1.165) is 44.5 Å². The number of nitrogens with one attached hydrogen (secondary N) is 1. The summed E-state index contributed by atoms with van der Waals surface area (Å²) < 4.78 is 0. The van der Waals surface area contributed by atoms with Crippen molar-refractivity contribution in [2.45, 2.75) is 62.1 Å². The van der Waals surface area contributed by atoms with Crippen LogP contribution in [-0.4, -0.2) is 65.1 Å². The molecule has 0 aromatic heterocycles. The molecule has 6 aliphatic rings. The highest BCUT2D eigenvalue weighted by molar-refractivity contribution is 5.94. The van der Waals surface area contributed by atoms with Crippen LogP contribution in [0, 0.1) is 17.3 Å². The lowest BCUT2D eigenvalue weighted by Gasteiger charge is -2.67. The van der Waals surface area contributed by atoms with E-state index in [0.29, 0.717) is 35.7 Å². The molecule has 0 radical (unpaired) electrons. The maximum atomic E-state index is 13.7. The van der Waals surface area contributed by atoms with Gasteiger partial charge in [-0.15, -0.1) is 0 Å². The second-order valence-electron chi connectivity index (χ2n) is 12.3. The summed E-state index contributed by atoms with van der Waals surface area (Å²) in [5.41, 5.74) is 4.07. The van der Waals surface area contributed by atoms with Crippen molar-refractivity contribution in [3.05, 3.63) is 65.2 Å². The van der Waals surface area contributed by atoms with Crippen molar-refractivity contribution < 1.29 is 9.90 Å². The summed E-state index contributed by atoms with van der Waals surface area (Å²) in [5, 5.41) is 14.3. The number of rotatable bonds is 3. The van der Waals surface area contributed by atoms with Crippen molar-refractivity contribution in [2.24, 2.45) is 17.3 Å². The van der Waals surface area contributed by atoms with Crippen LogP contribution in [0.15, 0.2) is 48.5 Å². The van der Waals surface area contributed by atoms with Crippen molar-refractivity contribution in [3.63, 3.8) is 0 Å². The van der Waals surface area contributed by atoms with Gasteiger partial charge in [-0.2, -0.15) is 0 Å². The summed E-state index contributed by atoms with van der Waals surface area (Å²) in [6, 6.07) is 17.7. The Morgan fingerprint density at radius 2 is 1.97 bits per heavy atom. The molecular formula is C30H35N3O2. The number of phenols is 1. The van der Waals surface area contributed by atoms with Gasteiger partial charge < -0.3 is 15.3 Å². The zero-order valence-corrected chi connectivity index (χ0v) is 20.3. The molecule has 7 atom stereocenters. The van der Waals surface area contributed by atoms with Crippen LogP contribution in [0.25, 0.3) is 0 Å². The van der Waals surface area contributed by atoms with E-state index < -0.39 is 0 Å². The second kappa shape index (κ2) is 7.10. The van der Waals surface area contributed by atoms with Crippen LogP contribution in [0.5, 0.6) is 5.75 Å². The molecule has 8 rings (SSSR count). The number of phenolic OH excluding ortho intramolecular Hbond substituents is 1. The Labute approximate surface area is 207 Å². The van der Waals surface area contributed by atoms with Crippen molar-refractivity contribution in [1.29, 1.82) is 0 Å². The average molecular weight is 470 g/mol. The van der Waals surface area contributed by atoms with Crippen molar-refractivity contribution in [3.8, 4) is 5.75 Å². The van der Waals surface area contributed by atoms with Crippen LogP contribution < -0.4 is 5.32 Å². The number of piperidine rings is 1. The van der Waals surface area contributed by atoms with Gasteiger partial charge in [-0.1, -0.05) is 24.3 Å². The highest BCUT2D eigenvalue weighted by atomic mass is 16.3. The SMILES string of the molecule is O=C(c1ccccc1)N1C[C@H]2C[C@@]34CC[C@@H]1[C@@H]2[C@@]31CCN(CC2CCN2)[C@@H]4Cc2ccc(O)cc21. The summed E-state index contributed by atoms with van der Waals surface area (Å²) in [7, 11) is 0. The number of carbonyl (C=O) groups is 1. The maximum absolute atomic E-state index is 13.7. The second-order valence-corrected chi connectivity index (χ2v) is 12.3. The normalized spacial score (nSPS) is 40.7. The molecule has 3 saturated heterocycles. The Kier molecular flexibility index (Phi) is 4.22. The fourth-order valence-electron chi connectivity index (χ4n) is 10.1. The van der Waals surface area contributed by atoms with Crippen molar-refractivity contribution >= 4 is 5.91 Å². The number of nitrogens with zero attached hydrogens (tertiary/aromatic N) is 2. The van der Waals surface area contributed by atoms with E-state index in [1.54, 1.807) is 0 Å². The van der Waals surface area contributed by atoms with Gasteiger partial charge in [0, 0.05) is 42.2 Å². The first-order valence-electron chi connectivity index (χ1n) is 13.8. The van der Waals surface area contributed by atoms with Gasteiger partial charge in [0.2, 0.25) is 0 Å².